The first-order valence-electron chi connectivity index (χ1n) is 8.31. The summed E-state index contributed by atoms with van der Waals surface area (Å²) >= 11 is 0. The van der Waals surface area contributed by atoms with Crippen LogP contribution in [-0.4, -0.2) is 17.7 Å². The van der Waals surface area contributed by atoms with Gasteiger partial charge in [-0.1, -0.05) is 37.3 Å². The molecule has 0 atom stereocenters. The summed E-state index contributed by atoms with van der Waals surface area (Å²) in [5, 5.41) is 9.73. The Morgan fingerprint density at radius 3 is 2.50 bits per heavy atom. The molecule has 4 heteroatoms. The highest BCUT2D eigenvalue weighted by atomic mass is 16.5. The van der Waals surface area contributed by atoms with E-state index in [1.54, 1.807) is 25.1 Å². The van der Waals surface area contributed by atoms with Crippen LogP contribution < -0.4 is 4.74 Å². The van der Waals surface area contributed by atoms with Gasteiger partial charge in [0.25, 0.3) is 0 Å². The zero-order chi connectivity index (χ0) is 17.4. The zero-order valence-electron chi connectivity index (χ0n) is 14.2. The molecule has 0 aliphatic rings. The van der Waals surface area contributed by atoms with E-state index < -0.39 is 0 Å². The number of hydrogen-bond acceptors (Lipinski definition) is 4. The van der Waals surface area contributed by atoms with E-state index in [1.807, 2.05) is 18.2 Å². The molecule has 128 valence electrons. The molecule has 0 saturated carbocycles. The van der Waals surface area contributed by atoms with Crippen molar-refractivity contribution < 1.29 is 19.4 Å². The molecule has 0 aliphatic carbocycles. The smallest absolute Gasteiger partial charge is 0.306 e. The second-order valence-electron chi connectivity index (χ2n) is 5.51. The molecule has 2 rings (SSSR count). The number of esters is 1. The van der Waals surface area contributed by atoms with E-state index in [-0.39, 0.29) is 11.7 Å². The van der Waals surface area contributed by atoms with Crippen LogP contribution in [0, 0.1) is 0 Å². The molecule has 1 N–H and O–H groups in total. The Kier molecular flexibility index (Phi) is 6.67. The lowest BCUT2D eigenvalue weighted by atomic mass is 10.1. The number of carbonyl (C=O) groups is 1. The Bertz CT molecular complexity index is 679. The zero-order valence-corrected chi connectivity index (χ0v) is 14.2. The highest BCUT2D eigenvalue weighted by Crippen LogP contribution is 2.26. The lowest BCUT2D eigenvalue weighted by Gasteiger charge is -2.14. The van der Waals surface area contributed by atoms with E-state index in [0.29, 0.717) is 31.8 Å². The SMILES string of the molecule is CCOC(=O)CCc1ccc(O)cc1OCc1ccccc1CC. The Labute approximate surface area is 143 Å². The molecule has 2 aromatic carbocycles. The molecule has 0 saturated heterocycles. The summed E-state index contributed by atoms with van der Waals surface area (Å²) in [4.78, 5) is 11.5. The predicted molar refractivity (Wildman–Crippen MR) is 93.2 cm³/mol. The van der Waals surface area contributed by atoms with Crippen molar-refractivity contribution in [1.29, 1.82) is 0 Å². The van der Waals surface area contributed by atoms with Gasteiger partial charge in [-0.3, -0.25) is 4.79 Å². The number of benzene rings is 2. The molecule has 4 nitrogen and oxygen atoms in total. The molecule has 0 heterocycles. The van der Waals surface area contributed by atoms with Crippen LogP contribution in [0.3, 0.4) is 0 Å². The normalized spacial score (nSPS) is 10.4. The summed E-state index contributed by atoms with van der Waals surface area (Å²) in [6, 6.07) is 13.1. The fourth-order valence-electron chi connectivity index (χ4n) is 2.55. The third-order valence-electron chi connectivity index (χ3n) is 3.84. The topological polar surface area (TPSA) is 55.8 Å². The van der Waals surface area contributed by atoms with Gasteiger partial charge < -0.3 is 14.6 Å². The summed E-state index contributed by atoms with van der Waals surface area (Å²) in [7, 11) is 0. The molecular formula is C20H24O4. The van der Waals surface area contributed by atoms with Crippen LogP contribution in [0.4, 0.5) is 0 Å². The van der Waals surface area contributed by atoms with Crippen molar-refractivity contribution in [1.82, 2.24) is 0 Å². The van der Waals surface area contributed by atoms with E-state index in [2.05, 4.69) is 13.0 Å². The van der Waals surface area contributed by atoms with Crippen LogP contribution in [0.2, 0.25) is 0 Å². The van der Waals surface area contributed by atoms with Crippen LogP contribution in [-0.2, 0) is 29.0 Å². The highest BCUT2D eigenvalue weighted by Gasteiger charge is 2.10. The molecule has 0 unspecified atom stereocenters. The lowest BCUT2D eigenvalue weighted by Crippen LogP contribution is -2.06. The van der Waals surface area contributed by atoms with Gasteiger partial charge in [-0.05, 0) is 42.5 Å². The van der Waals surface area contributed by atoms with Crippen LogP contribution >= 0.6 is 0 Å². The van der Waals surface area contributed by atoms with Crippen molar-refractivity contribution in [2.24, 2.45) is 0 Å². The Morgan fingerprint density at radius 1 is 1.04 bits per heavy atom. The summed E-state index contributed by atoms with van der Waals surface area (Å²) < 4.78 is 10.9. The molecule has 0 fully saturated rings. The van der Waals surface area contributed by atoms with Gasteiger partial charge in [0.05, 0.1) is 6.61 Å². The number of ether oxygens (including phenoxy) is 2. The van der Waals surface area contributed by atoms with Gasteiger partial charge in [-0.15, -0.1) is 0 Å². The predicted octanol–water partition coefficient (Wildman–Crippen LogP) is 4.03. The van der Waals surface area contributed by atoms with E-state index in [4.69, 9.17) is 9.47 Å². The standard InChI is InChI=1S/C20H24O4/c1-3-15-7-5-6-8-17(15)14-24-19-13-18(21)11-9-16(19)10-12-20(22)23-4-2/h5-9,11,13,21H,3-4,10,12,14H2,1-2H3. The third-order valence-corrected chi connectivity index (χ3v) is 3.84. The molecule has 0 bridgehead atoms. The number of aromatic hydroxyl groups is 1. The minimum atomic E-state index is -0.229. The quantitative estimate of drug-likeness (QED) is 0.743. The van der Waals surface area contributed by atoms with Gasteiger partial charge in [0.15, 0.2) is 0 Å². The van der Waals surface area contributed by atoms with Gasteiger partial charge in [0, 0.05) is 12.5 Å². The second-order valence-corrected chi connectivity index (χ2v) is 5.51. The number of phenolic OH excluding ortho intramolecular Hbond substituents is 1. The highest BCUT2D eigenvalue weighted by molar-refractivity contribution is 5.69. The number of aryl methyl sites for hydroxylation is 2. The second kappa shape index (κ2) is 8.96. The van der Waals surface area contributed by atoms with Gasteiger partial charge >= 0.3 is 5.97 Å². The van der Waals surface area contributed by atoms with E-state index in [9.17, 15) is 9.90 Å². The summed E-state index contributed by atoms with van der Waals surface area (Å²) in [5.41, 5.74) is 3.25. The first-order valence-corrected chi connectivity index (χ1v) is 8.31. The maximum atomic E-state index is 11.5. The van der Waals surface area contributed by atoms with Crippen LogP contribution in [0.25, 0.3) is 0 Å². The van der Waals surface area contributed by atoms with E-state index >= 15 is 0 Å². The number of carbonyl (C=O) groups excluding carboxylic acids is 1. The third kappa shape index (κ3) is 5.01. The fraction of sp³-hybridized carbons (Fsp3) is 0.350. The monoisotopic (exact) mass is 328 g/mol. The molecule has 0 aliphatic heterocycles. The van der Waals surface area contributed by atoms with Crippen molar-refractivity contribution in [2.75, 3.05) is 6.61 Å². The maximum absolute atomic E-state index is 11.5. The molecule has 0 spiro atoms. The van der Waals surface area contributed by atoms with Crippen LogP contribution in [0.1, 0.15) is 37.0 Å². The van der Waals surface area contributed by atoms with Crippen LogP contribution in [0.15, 0.2) is 42.5 Å². The summed E-state index contributed by atoms with van der Waals surface area (Å²) in [5.74, 6) is 0.520. The first kappa shape index (κ1) is 17.9. The van der Waals surface area contributed by atoms with Gasteiger partial charge in [-0.2, -0.15) is 0 Å². The Hall–Kier alpha value is -2.49. The van der Waals surface area contributed by atoms with Crippen LogP contribution in [0.5, 0.6) is 11.5 Å². The average molecular weight is 328 g/mol. The summed E-state index contributed by atoms with van der Waals surface area (Å²) in [6.45, 7) is 4.71. The Balaban J connectivity index is 2.08. The lowest BCUT2D eigenvalue weighted by molar-refractivity contribution is -0.143. The van der Waals surface area contributed by atoms with Gasteiger partial charge in [-0.25, -0.2) is 0 Å². The van der Waals surface area contributed by atoms with Gasteiger partial charge in [0.1, 0.15) is 18.1 Å². The van der Waals surface area contributed by atoms with Crippen molar-refractivity contribution >= 4 is 5.97 Å². The van der Waals surface area contributed by atoms with E-state index in [0.717, 1.165) is 17.5 Å². The van der Waals surface area contributed by atoms with Crippen molar-refractivity contribution in [3.8, 4) is 11.5 Å². The number of rotatable bonds is 8. The van der Waals surface area contributed by atoms with Gasteiger partial charge in [0.2, 0.25) is 0 Å². The molecule has 0 aromatic heterocycles. The number of phenols is 1. The maximum Gasteiger partial charge on any atom is 0.306 e. The summed E-state index contributed by atoms with van der Waals surface area (Å²) in [6.07, 6.45) is 1.75. The largest absolute Gasteiger partial charge is 0.508 e. The number of hydrogen-bond donors (Lipinski definition) is 1. The molecule has 0 amide bonds. The fourth-order valence-corrected chi connectivity index (χ4v) is 2.55. The first-order chi connectivity index (χ1) is 11.6. The minimum absolute atomic E-state index is 0.147. The van der Waals surface area contributed by atoms with Crippen molar-refractivity contribution in [3.05, 3.63) is 59.2 Å². The van der Waals surface area contributed by atoms with Crippen molar-refractivity contribution in [2.45, 2.75) is 39.7 Å². The Morgan fingerprint density at radius 2 is 1.79 bits per heavy atom. The van der Waals surface area contributed by atoms with Crippen molar-refractivity contribution in [3.63, 3.8) is 0 Å². The molecule has 0 radical (unpaired) electrons. The van der Waals surface area contributed by atoms with E-state index in [1.165, 1.54) is 5.56 Å². The molecule has 2 aromatic rings. The molecule has 24 heavy (non-hydrogen) atoms. The average Bonchev–Trinajstić information content (AvgIpc) is 2.59. The minimum Gasteiger partial charge on any atom is -0.508 e. The molecular weight excluding hydrogens is 304 g/mol.